The minimum absolute atomic E-state index is 0.284. The minimum Gasteiger partial charge on any atom is -0.383 e. The van der Waals surface area contributed by atoms with Crippen molar-refractivity contribution in [3.05, 3.63) is 41.2 Å². The van der Waals surface area contributed by atoms with Gasteiger partial charge in [0.05, 0.1) is 6.54 Å². The number of hydrogen-bond donors (Lipinski definition) is 1. The molecule has 2 N–H and O–H groups in total. The van der Waals surface area contributed by atoms with Gasteiger partial charge in [-0.05, 0) is 31.5 Å². The molecule has 0 spiro atoms. The van der Waals surface area contributed by atoms with Gasteiger partial charge in [-0.2, -0.15) is 10.4 Å². The fourth-order valence-corrected chi connectivity index (χ4v) is 2.20. The molecule has 0 aliphatic carbocycles. The Morgan fingerprint density at radius 2 is 1.90 bits per heavy atom. The number of benzene rings is 1. The van der Waals surface area contributed by atoms with Crippen LogP contribution in [-0.2, 0) is 6.54 Å². The summed E-state index contributed by atoms with van der Waals surface area (Å²) in [6.45, 7) is 5.90. The van der Waals surface area contributed by atoms with E-state index in [-0.39, 0.29) is 5.82 Å². The maximum atomic E-state index is 12.9. The van der Waals surface area contributed by atoms with Crippen molar-refractivity contribution in [1.29, 1.82) is 5.26 Å². The molecule has 1 aromatic carbocycles. The molecule has 0 fully saturated rings. The van der Waals surface area contributed by atoms with E-state index >= 15 is 0 Å². The van der Waals surface area contributed by atoms with E-state index in [1.54, 1.807) is 16.8 Å². The number of nitriles is 1. The molecule has 0 saturated heterocycles. The third kappa shape index (κ3) is 2.97. The fraction of sp³-hybridized carbons (Fsp3) is 0.333. The summed E-state index contributed by atoms with van der Waals surface area (Å²) in [6.07, 6.45) is 0. The van der Waals surface area contributed by atoms with E-state index < -0.39 is 0 Å². The predicted molar refractivity (Wildman–Crippen MR) is 80.4 cm³/mol. The molecule has 0 aliphatic heterocycles. The van der Waals surface area contributed by atoms with Crippen molar-refractivity contribution in [1.82, 2.24) is 9.78 Å². The first-order chi connectivity index (χ1) is 10.1. The van der Waals surface area contributed by atoms with Crippen LogP contribution in [0, 0.1) is 17.1 Å². The quantitative estimate of drug-likeness (QED) is 0.916. The van der Waals surface area contributed by atoms with Crippen LogP contribution in [0.15, 0.2) is 24.3 Å². The average molecular weight is 287 g/mol. The zero-order valence-corrected chi connectivity index (χ0v) is 12.2. The van der Waals surface area contributed by atoms with E-state index in [0.29, 0.717) is 23.7 Å². The van der Waals surface area contributed by atoms with Gasteiger partial charge in [0.1, 0.15) is 23.3 Å². The maximum Gasteiger partial charge on any atom is 0.170 e. The Hall–Kier alpha value is -2.55. The molecule has 0 amide bonds. The number of halogens is 1. The summed E-state index contributed by atoms with van der Waals surface area (Å²) in [5.41, 5.74) is 7.28. The number of nitrogen functional groups attached to an aromatic ring is 1. The zero-order chi connectivity index (χ0) is 15.4. The lowest BCUT2D eigenvalue weighted by Crippen LogP contribution is -2.23. The molecular formula is C15H18FN5. The molecule has 21 heavy (non-hydrogen) atoms. The first-order valence-electron chi connectivity index (χ1n) is 6.86. The van der Waals surface area contributed by atoms with Crippen LogP contribution in [-0.4, -0.2) is 22.9 Å². The Labute approximate surface area is 123 Å². The van der Waals surface area contributed by atoms with Crippen LogP contribution in [0.2, 0.25) is 0 Å². The summed E-state index contributed by atoms with van der Waals surface area (Å²) in [6, 6.07) is 8.27. The van der Waals surface area contributed by atoms with Gasteiger partial charge < -0.3 is 10.6 Å². The molecule has 0 bridgehead atoms. The topological polar surface area (TPSA) is 70.9 Å². The Morgan fingerprint density at radius 1 is 1.29 bits per heavy atom. The van der Waals surface area contributed by atoms with Gasteiger partial charge in [0.25, 0.3) is 0 Å². The Kier molecular flexibility index (Phi) is 4.43. The normalized spacial score (nSPS) is 10.4. The van der Waals surface area contributed by atoms with Crippen molar-refractivity contribution in [3.8, 4) is 6.07 Å². The number of hydrogen-bond acceptors (Lipinski definition) is 4. The molecule has 2 rings (SSSR count). The third-order valence-corrected chi connectivity index (χ3v) is 3.39. The zero-order valence-electron chi connectivity index (χ0n) is 12.2. The van der Waals surface area contributed by atoms with Crippen molar-refractivity contribution in [2.75, 3.05) is 23.7 Å². The highest BCUT2D eigenvalue weighted by molar-refractivity contribution is 5.65. The Morgan fingerprint density at radius 3 is 2.43 bits per heavy atom. The summed E-state index contributed by atoms with van der Waals surface area (Å²) >= 11 is 0. The van der Waals surface area contributed by atoms with Gasteiger partial charge in [-0.1, -0.05) is 12.1 Å². The van der Waals surface area contributed by atoms with Crippen LogP contribution in [0.25, 0.3) is 0 Å². The molecule has 0 radical (unpaired) electrons. The van der Waals surface area contributed by atoms with Gasteiger partial charge in [0.2, 0.25) is 0 Å². The van der Waals surface area contributed by atoms with Gasteiger partial charge in [0.15, 0.2) is 5.82 Å². The van der Waals surface area contributed by atoms with Crippen LogP contribution in [0.1, 0.15) is 25.0 Å². The van der Waals surface area contributed by atoms with Gasteiger partial charge >= 0.3 is 0 Å². The summed E-state index contributed by atoms with van der Waals surface area (Å²) in [7, 11) is 0. The number of rotatable bonds is 5. The largest absolute Gasteiger partial charge is 0.383 e. The van der Waals surface area contributed by atoms with Crippen molar-refractivity contribution >= 4 is 11.6 Å². The monoisotopic (exact) mass is 287 g/mol. The van der Waals surface area contributed by atoms with Crippen molar-refractivity contribution in [2.24, 2.45) is 0 Å². The maximum absolute atomic E-state index is 12.9. The Bertz CT molecular complexity index is 650. The predicted octanol–water partition coefficient (Wildman–Crippen LogP) is 2.37. The van der Waals surface area contributed by atoms with Gasteiger partial charge in [0, 0.05) is 13.1 Å². The van der Waals surface area contributed by atoms with E-state index in [1.165, 1.54) is 12.1 Å². The van der Waals surface area contributed by atoms with E-state index in [2.05, 4.69) is 11.2 Å². The van der Waals surface area contributed by atoms with Crippen LogP contribution in [0.5, 0.6) is 0 Å². The first-order valence-corrected chi connectivity index (χ1v) is 6.86. The van der Waals surface area contributed by atoms with Crippen molar-refractivity contribution in [3.63, 3.8) is 0 Å². The summed E-state index contributed by atoms with van der Waals surface area (Å²) in [5, 5.41) is 13.7. The first kappa shape index (κ1) is 14.9. The lowest BCUT2D eigenvalue weighted by molar-refractivity contribution is 0.624. The lowest BCUT2D eigenvalue weighted by atomic mass is 10.2. The van der Waals surface area contributed by atoms with Crippen LogP contribution in [0.4, 0.5) is 16.0 Å². The van der Waals surface area contributed by atoms with E-state index in [0.717, 1.165) is 18.7 Å². The summed E-state index contributed by atoms with van der Waals surface area (Å²) in [4.78, 5) is 1.98. The molecule has 110 valence electrons. The molecule has 6 heteroatoms. The van der Waals surface area contributed by atoms with E-state index in [4.69, 9.17) is 5.73 Å². The molecule has 2 aromatic rings. The fourth-order valence-electron chi connectivity index (χ4n) is 2.20. The SMILES string of the molecule is CCN(CC)c1nn(Cc2ccc(F)cc2)c(N)c1C#N. The van der Waals surface area contributed by atoms with Crippen LogP contribution < -0.4 is 10.6 Å². The van der Waals surface area contributed by atoms with E-state index in [1.807, 2.05) is 18.7 Å². The number of nitrogens with zero attached hydrogens (tertiary/aromatic N) is 4. The second kappa shape index (κ2) is 6.27. The molecule has 0 saturated carbocycles. The second-order valence-corrected chi connectivity index (χ2v) is 4.65. The van der Waals surface area contributed by atoms with Crippen molar-refractivity contribution in [2.45, 2.75) is 20.4 Å². The third-order valence-electron chi connectivity index (χ3n) is 3.39. The highest BCUT2D eigenvalue weighted by Gasteiger charge is 2.19. The standard InChI is InChI=1S/C15H18FN5/c1-3-20(4-2)15-13(9-17)14(18)21(19-15)10-11-5-7-12(16)8-6-11/h5-8H,3-4,10,18H2,1-2H3. The highest BCUT2D eigenvalue weighted by Crippen LogP contribution is 2.25. The van der Waals surface area contributed by atoms with Crippen molar-refractivity contribution < 1.29 is 4.39 Å². The summed E-state index contributed by atoms with van der Waals surface area (Å²) < 4.78 is 14.5. The number of aromatic nitrogens is 2. The average Bonchev–Trinajstić information content (AvgIpc) is 2.79. The number of nitrogens with two attached hydrogens (primary N) is 1. The number of anilines is 2. The molecular weight excluding hydrogens is 269 g/mol. The molecule has 0 aliphatic rings. The molecule has 0 unspecified atom stereocenters. The second-order valence-electron chi connectivity index (χ2n) is 4.65. The van der Waals surface area contributed by atoms with Crippen LogP contribution >= 0.6 is 0 Å². The highest BCUT2D eigenvalue weighted by atomic mass is 19.1. The minimum atomic E-state index is -0.284. The smallest absolute Gasteiger partial charge is 0.170 e. The molecule has 1 aromatic heterocycles. The molecule has 5 nitrogen and oxygen atoms in total. The van der Waals surface area contributed by atoms with E-state index in [9.17, 15) is 9.65 Å². The van der Waals surface area contributed by atoms with Crippen LogP contribution in [0.3, 0.4) is 0 Å². The summed E-state index contributed by atoms with van der Waals surface area (Å²) in [5.74, 6) is 0.652. The Balaban J connectivity index is 2.37. The molecule has 0 atom stereocenters. The molecule has 1 heterocycles. The lowest BCUT2D eigenvalue weighted by Gasteiger charge is -2.17. The van der Waals surface area contributed by atoms with Gasteiger partial charge in [-0.25, -0.2) is 9.07 Å². The van der Waals surface area contributed by atoms with Gasteiger partial charge in [-0.3, -0.25) is 0 Å². The van der Waals surface area contributed by atoms with Gasteiger partial charge in [-0.15, -0.1) is 0 Å².